The number of carbonyl (C=O) groups excluding carboxylic acids is 1. The number of nitrogens with zero attached hydrogens (tertiary/aromatic N) is 5. The highest BCUT2D eigenvalue weighted by atomic mass is 16.2. The monoisotopic (exact) mass is 351 g/mol. The lowest BCUT2D eigenvalue weighted by molar-refractivity contribution is 0.133. The first-order valence-corrected chi connectivity index (χ1v) is 9.15. The Morgan fingerprint density at radius 1 is 1.15 bits per heavy atom. The summed E-state index contributed by atoms with van der Waals surface area (Å²) in [4.78, 5) is 27.2. The summed E-state index contributed by atoms with van der Waals surface area (Å²) in [6.45, 7) is 3.34. The lowest BCUT2D eigenvalue weighted by Crippen LogP contribution is -2.54. The predicted molar refractivity (Wildman–Crippen MR) is 101 cm³/mol. The summed E-state index contributed by atoms with van der Waals surface area (Å²) < 4.78 is 0. The number of carbonyl (C=O) groups is 1. The molecule has 2 aliphatic rings. The number of hydrogen-bond donors (Lipinski definition) is 0. The third kappa shape index (κ3) is 2.89. The first-order chi connectivity index (χ1) is 12.6. The van der Waals surface area contributed by atoms with Crippen LogP contribution in [-0.4, -0.2) is 59.5 Å². The lowest BCUT2D eigenvalue weighted by atomic mass is 9.69. The maximum Gasteiger partial charge on any atom is 0.319 e. The van der Waals surface area contributed by atoms with Crippen molar-refractivity contribution in [1.82, 2.24) is 19.8 Å². The fourth-order valence-corrected chi connectivity index (χ4v) is 4.35. The molecule has 0 atom stereocenters. The van der Waals surface area contributed by atoms with Crippen LogP contribution in [-0.2, 0) is 12.0 Å². The number of piperidine rings is 1. The van der Waals surface area contributed by atoms with Crippen LogP contribution in [0.2, 0.25) is 0 Å². The number of fused-ring (bicyclic) bond motifs is 2. The van der Waals surface area contributed by atoms with Crippen LogP contribution in [0.5, 0.6) is 0 Å². The van der Waals surface area contributed by atoms with E-state index in [0.717, 1.165) is 38.3 Å². The number of aromatic nitrogens is 2. The third-order valence-electron chi connectivity index (χ3n) is 5.69. The Morgan fingerprint density at radius 2 is 1.92 bits per heavy atom. The Balaban J connectivity index is 1.61. The van der Waals surface area contributed by atoms with Crippen LogP contribution in [0.3, 0.4) is 0 Å². The average molecular weight is 351 g/mol. The zero-order chi connectivity index (χ0) is 18.1. The van der Waals surface area contributed by atoms with Crippen molar-refractivity contribution in [2.24, 2.45) is 0 Å². The molecule has 136 valence electrons. The summed E-state index contributed by atoms with van der Waals surface area (Å²) in [6.07, 6.45) is 7.30. The van der Waals surface area contributed by atoms with Crippen LogP contribution >= 0.6 is 0 Å². The molecule has 26 heavy (non-hydrogen) atoms. The third-order valence-corrected chi connectivity index (χ3v) is 5.69. The van der Waals surface area contributed by atoms with Gasteiger partial charge in [-0.15, -0.1) is 0 Å². The number of amides is 2. The van der Waals surface area contributed by atoms with E-state index in [0.29, 0.717) is 6.54 Å². The second-order valence-electron chi connectivity index (χ2n) is 7.52. The fraction of sp³-hybridized carbons (Fsp3) is 0.450. The Morgan fingerprint density at radius 3 is 2.62 bits per heavy atom. The molecule has 0 aliphatic carbocycles. The molecular weight excluding hydrogens is 326 g/mol. The van der Waals surface area contributed by atoms with Crippen LogP contribution in [0.25, 0.3) is 0 Å². The van der Waals surface area contributed by atoms with Gasteiger partial charge in [-0.3, -0.25) is 4.98 Å². The molecule has 2 aliphatic heterocycles. The molecule has 2 aromatic rings. The minimum atomic E-state index is 0.0270. The van der Waals surface area contributed by atoms with Gasteiger partial charge in [0.2, 0.25) is 0 Å². The smallest absolute Gasteiger partial charge is 0.319 e. The van der Waals surface area contributed by atoms with Gasteiger partial charge in [-0.25, -0.2) is 9.78 Å². The van der Waals surface area contributed by atoms with Crippen molar-refractivity contribution in [3.63, 3.8) is 0 Å². The number of hydrogen-bond acceptors (Lipinski definition) is 4. The van der Waals surface area contributed by atoms with Crippen LogP contribution in [0.4, 0.5) is 10.6 Å². The maximum absolute atomic E-state index is 12.6. The SMILES string of the molecule is CN(C)C(=O)N1Cc2ccccc2C2(CCN(c3cnccn3)CC2)C1. The van der Waals surface area contributed by atoms with Gasteiger partial charge < -0.3 is 14.7 Å². The highest BCUT2D eigenvalue weighted by molar-refractivity contribution is 5.74. The zero-order valence-corrected chi connectivity index (χ0v) is 15.4. The Bertz CT molecular complexity index is 784. The molecule has 3 heterocycles. The molecule has 6 heteroatoms. The molecule has 2 amide bonds. The van der Waals surface area contributed by atoms with Crippen molar-refractivity contribution >= 4 is 11.8 Å². The molecule has 1 saturated heterocycles. The number of rotatable bonds is 1. The Labute approximate surface area is 154 Å². The quantitative estimate of drug-likeness (QED) is 0.792. The molecule has 1 fully saturated rings. The van der Waals surface area contributed by atoms with Gasteiger partial charge in [-0.05, 0) is 24.0 Å². The fourth-order valence-electron chi connectivity index (χ4n) is 4.35. The van der Waals surface area contributed by atoms with Crippen LogP contribution in [0.1, 0.15) is 24.0 Å². The van der Waals surface area contributed by atoms with E-state index in [2.05, 4.69) is 39.1 Å². The molecule has 0 saturated carbocycles. The summed E-state index contributed by atoms with van der Waals surface area (Å²) >= 11 is 0. The summed E-state index contributed by atoms with van der Waals surface area (Å²) in [7, 11) is 3.65. The molecule has 1 aromatic carbocycles. The van der Waals surface area contributed by atoms with Gasteiger partial charge in [0.15, 0.2) is 0 Å². The molecule has 4 rings (SSSR count). The summed E-state index contributed by atoms with van der Waals surface area (Å²) in [6, 6.07) is 8.71. The van der Waals surface area contributed by atoms with Crippen molar-refractivity contribution in [2.45, 2.75) is 24.8 Å². The van der Waals surface area contributed by atoms with Crippen molar-refractivity contribution in [3.8, 4) is 0 Å². The minimum Gasteiger partial charge on any atom is -0.355 e. The number of benzene rings is 1. The highest BCUT2D eigenvalue weighted by Gasteiger charge is 2.43. The van der Waals surface area contributed by atoms with E-state index in [1.54, 1.807) is 17.3 Å². The van der Waals surface area contributed by atoms with Gasteiger partial charge in [-0.1, -0.05) is 24.3 Å². The van der Waals surface area contributed by atoms with Crippen LogP contribution < -0.4 is 4.90 Å². The molecular formula is C20H25N5O. The Hall–Kier alpha value is -2.63. The minimum absolute atomic E-state index is 0.0270. The van der Waals surface area contributed by atoms with Crippen molar-refractivity contribution < 1.29 is 4.79 Å². The summed E-state index contributed by atoms with van der Waals surface area (Å²) in [5.41, 5.74) is 2.72. The predicted octanol–water partition coefficient (Wildman–Crippen LogP) is 2.51. The number of urea groups is 1. The molecule has 1 spiro atoms. The van der Waals surface area contributed by atoms with Gasteiger partial charge >= 0.3 is 6.03 Å². The standard InChI is InChI=1S/C20H25N5O/c1-23(2)19(26)25-14-16-5-3-4-6-17(16)20(15-25)7-11-24(12-8-20)18-13-21-9-10-22-18/h3-6,9-10,13H,7-8,11-12,14-15H2,1-2H3. The Kier molecular flexibility index (Phi) is 4.26. The van der Waals surface area contributed by atoms with E-state index in [-0.39, 0.29) is 11.4 Å². The molecule has 0 bridgehead atoms. The van der Waals surface area contributed by atoms with Gasteiger partial charge in [0.1, 0.15) is 5.82 Å². The van der Waals surface area contributed by atoms with Gasteiger partial charge in [0.25, 0.3) is 0 Å². The van der Waals surface area contributed by atoms with E-state index in [9.17, 15) is 4.79 Å². The zero-order valence-electron chi connectivity index (χ0n) is 15.4. The van der Waals surface area contributed by atoms with E-state index in [1.807, 2.05) is 25.2 Å². The normalized spacial score (nSPS) is 18.5. The van der Waals surface area contributed by atoms with E-state index in [4.69, 9.17) is 0 Å². The van der Waals surface area contributed by atoms with Gasteiger partial charge in [-0.2, -0.15) is 0 Å². The first-order valence-electron chi connectivity index (χ1n) is 9.15. The van der Waals surface area contributed by atoms with Gasteiger partial charge in [0, 0.05) is 58.1 Å². The van der Waals surface area contributed by atoms with E-state index < -0.39 is 0 Å². The first kappa shape index (κ1) is 16.8. The van der Waals surface area contributed by atoms with Crippen molar-refractivity contribution in [2.75, 3.05) is 38.6 Å². The van der Waals surface area contributed by atoms with Crippen molar-refractivity contribution in [1.29, 1.82) is 0 Å². The van der Waals surface area contributed by atoms with E-state index in [1.165, 1.54) is 11.1 Å². The molecule has 0 unspecified atom stereocenters. The largest absolute Gasteiger partial charge is 0.355 e. The highest BCUT2D eigenvalue weighted by Crippen LogP contribution is 2.42. The second kappa shape index (κ2) is 6.59. The number of anilines is 1. The second-order valence-corrected chi connectivity index (χ2v) is 7.52. The lowest BCUT2D eigenvalue weighted by Gasteiger charge is -2.49. The van der Waals surface area contributed by atoms with Crippen LogP contribution in [0, 0.1) is 0 Å². The summed E-state index contributed by atoms with van der Waals surface area (Å²) in [5, 5.41) is 0. The van der Waals surface area contributed by atoms with Crippen molar-refractivity contribution in [3.05, 3.63) is 54.0 Å². The maximum atomic E-state index is 12.6. The van der Waals surface area contributed by atoms with Crippen LogP contribution in [0.15, 0.2) is 42.9 Å². The van der Waals surface area contributed by atoms with Gasteiger partial charge in [0.05, 0.1) is 6.20 Å². The summed E-state index contributed by atoms with van der Waals surface area (Å²) in [5.74, 6) is 0.938. The molecule has 6 nitrogen and oxygen atoms in total. The topological polar surface area (TPSA) is 52.6 Å². The van der Waals surface area contributed by atoms with E-state index >= 15 is 0 Å². The molecule has 1 aromatic heterocycles. The molecule has 0 N–H and O–H groups in total. The molecule has 0 radical (unpaired) electrons. The average Bonchev–Trinajstić information content (AvgIpc) is 2.68.